The molecule has 4 rings (SSSR count). The summed E-state index contributed by atoms with van der Waals surface area (Å²) in [4.78, 5) is 20.1. The molecule has 0 saturated heterocycles. The van der Waals surface area contributed by atoms with E-state index < -0.39 is 5.54 Å². The van der Waals surface area contributed by atoms with E-state index >= 15 is 0 Å². The van der Waals surface area contributed by atoms with Crippen molar-refractivity contribution in [2.75, 3.05) is 0 Å². The Labute approximate surface area is 172 Å². The smallest absolute Gasteiger partial charge is 0.256 e. The van der Waals surface area contributed by atoms with Crippen LogP contribution in [0.4, 0.5) is 0 Å². The van der Waals surface area contributed by atoms with E-state index in [-0.39, 0.29) is 5.91 Å². The summed E-state index contributed by atoms with van der Waals surface area (Å²) < 4.78 is 0. The molecular formula is C25H27N3O. The van der Waals surface area contributed by atoms with Crippen molar-refractivity contribution < 1.29 is 4.79 Å². The minimum absolute atomic E-state index is 0.159. The van der Waals surface area contributed by atoms with E-state index in [9.17, 15) is 10.1 Å². The first-order chi connectivity index (χ1) is 14.2. The van der Waals surface area contributed by atoms with Gasteiger partial charge in [0.1, 0.15) is 11.4 Å². The Morgan fingerprint density at radius 1 is 1.14 bits per heavy atom. The Hall–Kier alpha value is -2.93. The molecule has 0 radical (unpaired) electrons. The van der Waals surface area contributed by atoms with E-state index in [1.54, 1.807) is 0 Å². The largest absolute Gasteiger partial charge is 0.294 e. The number of amides is 1. The number of rotatable bonds is 6. The molecule has 2 aromatic rings. The molecule has 4 heteroatoms. The summed E-state index contributed by atoms with van der Waals surface area (Å²) in [5.74, 6) is 1.09. The quantitative estimate of drug-likeness (QED) is 0.662. The van der Waals surface area contributed by atoms with Crippen LogP contribution in [0.1, 0.15) is 63.0 Å². The van der Waals surface area contributed by atoms with Crippen LogP contribution in [0.3, 0.4) is 0 Å². The monoisotopic (exact) mass is 385 g/mol. The summed E-state index contributed by atoms with van der Waals surface area (Å²) >= 11 is 0. The zero-order valence-electron chi connectivity index (χ0n) is 17.0. The highest BCUT2D eigenvalue weighted by atomic mass is 16.2. The van der Waals surface area contributed by atoms with Crippen molar-refractivity contribution in [2.45, 2.75) is 64.0 Å². The molecule has 2 aromatic carbocycles. The lowest BCUT2D eigenvalue weighted by Crippen LogP contribution is -2.40. The molecular weight excluding hydrogens is 358 g/mol. The Balaban J connectivity index is 1.61. The maximum Gasteiger partial charge on any atom is 0.256 e. The fourth-order valence-corrected chi connectivity index (χ4v) is 4.53. The number of hydrogen-bond donors (Lipinski definition) is 0. The average Bonchev–Trinajstić information content (AvgIpc) is 3.33. The third-order valence-electron chi connectivity index (χ3n) is 6.11. The first-order valence-corrected chi connectivity index (χ1v) is 10.7. The normalized spacial score (nSPS) is 17.6. The molecule has 29 heavy (non-hydrogen) atoms. The molecule has 1 heterocycles. The van der Waals surface area contributed by atoms with Crippen LogP contribution in [0.2, 0.25) is 0 Å². The summed E-state index contributed by atoms with van der Waals surface area (Å²) in [6.07, 6.45) is 6.86. The highest BCUT2D eigenvalue weighted by Crippen LogP contribution is 2.40. The molecule has 1 aliphatic carbocycles. The topological polar surface area (TPSA) is 56.5 Å². The molecule has 2 aliphatic rings. The van der Waals surface area contributed by atoms with Crippen LogP contribution >= 0.6 is 0 Å². The lowest BCUT2D eigenvalue weighted by atomic mass is 9.96. The average molecular weight is 386 g/mol. The van der Waals surface area contributed by atoms with E-state index in [1.165, 1.54) is 0 Å². The lowest BCUT2D eigenvalue weighted by Gasteiger charge is -2.23. The van der Waals surface area contributed by atoms with Gasteiger partial charge < -0.3 is 0 Å². The van der Waals surface area contributed by atoms with Gasteiger partial charge in [0.05, 0.1) is 18.2 Å². The Kier molecular flexibility index (Phi) is 5.49. The second-order valence-electron chi connectivity index (χ2n) is 8.12. The van der Waals surface area contributed by atoms with Crippen molar-refractivity contribution in [3.63, 3.8) is 0 Å². The first-order valence-electron chi connectivity index (χ1n) is 10.7. The minimum atomic E-state index is -0.509. The van der Waals surface area contributed by atoms with Gasteiger partial charge in [0, 0.05) is 6.42 Å². The second kappa shape index (κ2) is 8.21. The van der Waals surface area contributed by atoms with Gasteiger partial charge in [-0.3, -0.25) is 14.7 Å². The number of nitrogens with zero attached hydrogens (tertiary/aromatic N) is 3. The van der Waals surface area contributed by atoms with E-state index in [2.05, 4.69) is 13.0 Å². The molecule has 1 fully saturated rings. The number of unbranched alkanes of at least 4 members (excludes halogenated alkanes) is 1. The zero-order chi connectivity index (χ0) is 20.3. The van der Waals surface area contributed by atoms with E-state index in [0.29, 0.717) is 12.1 Å². The third kappa shape index (κ3) is 3.70. The van der Waals surface area contributed by atoms with Crippen molar-refractivity contribution in [2.24, 2.45) is 4.99 Å². The first kappa shape index (κ1) is 19.4. The number of amidine groups is 1. The Bertz CT molecular complexity index is 965. The van der Waals surface area contributed by atoms with E-state index in [4.69, 9.17) is 4.99 Å². The Morgan fingerprint density at radius 3 is 2.59 bits per heavy atom. The predicted molar refractivity (Wildman–Crippen MR) is 115 cm³/mol. The summed E-state index contributed by atoms with van der Waals surface area (Å²) in [6.45, 7) is 2.65. The van der Waals surface area contributed by atoms with Crippen LogP contribution in [-0.2, 0) is 11.3 Å². The van der Waals surface area contributed by atoms with Gasteiger partial charge in [-0.15, -0.1) is 0 Å². The molecule has 0 unspecified atom stereocenters. The molecule has 0 aromatic heterocycles. The zero-order valence-corrected chi connectivity index (χ0v) is 17.0. The van der Waals surface area contributed by atoms with Crippen LogP contribution < -0.4 is 0 Å². The molecule has 0 N–H and O–H groups in total. The fraction of sp³-hybridized carbons (Fsp3) is 0.400. The summed E-state index contributed by atoms with van der Waals surface area (Å²) in [5, 5.41) is 9.70. The number of carbonyl (C=O) groups excluding carboxylic acids is 1. The highest BCUT2D eigenvalue weighted by molar-refractivity contribution is 6.08. The van der Waals surface area contributed by atoms with Crippen LogP contribution in [0, 0.1) is 11.3 Å². The van der Waals surface area contributed by atoms with Gasteiger partial charge in [0.15, 0.2) is 0 Å². The number of aliphatic imine (C=N–C) groups is 1. The Morgan fingerprint density at radius 2 is 1.90 bits per heavy atom. The maximum atomic E-state index is 13.3. The van der Waals surface area contributed by atoms with Gasteiger partial charge >= 0.3 is 0 Å². The van der Waals surface area contributed by atoms with Crippen LogP contribution in [0.15, 0.2) is 53.5 Å². The molecule has 4 nitrogen and oxygen atoms in total. The molecule has 1 aliphatic heterocycles. The van der Waals surface area contributed by atoms with Gasteiger partial charge in [-0.2, -0.15) is 5.26 Å². The standard InChI is InChI=1S/C25H27N3O/c1-2-3-11-23-27-25(14-7-8-15-25)24(29)28(23)18-19-12-13-22(21(16-19)17-26)20-9-5-4-6-10-20/h4-6,9-10,12-13,16H,2-3,7-8,11,14-15,18H2,1H3. The SMILES string of the molecule is CCCCC1=NC2(CCCC2)C(=O)N1Cc1ccc(-c2ccccc2)c(C#N)c1. The molecule has 0 bridgehead atoms. The number of benzene rings is 2. The van der Waals surface area contributed by atoms with Gasteiger partial charge in [0.25, 0.3) is 5.91 Å². The molecule has 148 valence electrons. The number of carbonyl (C=O) groups is 1. The van der Waals surface area contributed by atoms with Crippen molar-refractivity contribution in [3.8, 4) is 17.2 Å². The van der Waals surface area contributed by atoms with Crippen molar-refractivity contribution in [1.82, 2.24) is 4.90 Å². The van der Waals surface area contributed by atoms with Crippen molar-refractivity contribution in [1.29, 1.82) is 5.26 Å². The summed E-state index contributed by atoms with van der Waals surface area (Å²) in [7, 11) is 0. The highest BCUT2D eigenvalue weighted by Gasteiger charge is 2.49. The minimum Gasteiger partial charge on any atom is -0.294 e. The third-order valence-corrected chi connectivity index (χ3v) is 6.11. The van der Waals surface area contributed by atoms with E-state index in [0.717, 1.165) is 67.5 Å². The van der Waals surface area contributed by atoms with E-state index in [1.807, 2.05) is 53.4 Å². The van der Waals surface area contributed by atoms with Crippen LogP contribution in [-0.4, -0.2) is 22.2 Å². The summed E-state index contributed by atoms with van der Waals surface area (Å²) in [5.41, 5.74) is 3.07. The lowest BCUT2D eigenvalue weighted by molar-refractivity contribution is -0.131. The van der Waals surface area contributed by atoms with Gasteiger partial charge in [-0.25, -0.2) is 0 Å². The number of hydrogen-bond acceptors (Lipinski definition) is 3. The van der Waals surface area contributed by atoms with Gasteiger partial charge in [-0.05, 0) is 42.0 Å². The predicted octanol–water partition coefficient (Wildman–Crippen LogP) is 5.47. The van der Waals surface area contributed by atoms with Crippen molar-refractivity contribution in [3.05, 3.63) is 59.7 Å². The van der Waals surface area contributed by atoms with Gasteiger partial charge in [-0.1, -0.05) is 68.7 Å². The van der Waals surface area contributed by atoms with Crippen LogP contribution in [0.25, 0.3) is 11.1 Å². The van der Waals surface area contributed by atoms with Crippen molar-refractivity contribution >= 4 is 11.7 Å². The second-order valence-corrected chi connectivity index (χ2v) is 8.12. The molecule has 1 spiro atoms. The van der Waals surface area contributed by atoms with Crippen LogP contribution in [0.5, 0.6) is 0 Å². The molecule has 1 amide bonds. The molecule has 1 saturated carbocycles. The van der Waals surface area contributed by atoms with Gasteiger partial charge in [0.2, 0.25) is 0 Å². The summed E-state index contributed by atoms with van der Waals surface area (Å²) in [6, 6.07) is 18.2. The molecule has 0 atom stereocenters. The number of nitriles is 1. The maximum absolute atomic E-state index is 13.3. The fourth-order valence-electron chi connectivity index (χ4n) is 4.53.